The fourth-order valence-corrected chi connectivity index (χ4v) is 5.74. The molecule has 0 amide bonds. The van der Waals surface area contributed by atoms with Crippen LogP contribution in [-0.4, -0.2) is 47.7 Å². The Labute approximate surface area is 303 Å². The number of aliphatic hydroxyl groups excluding tert-OH is 1. The van der Waals surface area contributed by atoms with Crippen molar-refractivity contribution in [3.05, 3.63) is 107 Å². The van der Waals surface area contributed by atoms with Crippen LogP contribution in [0.2, 0.25) is 0 Å². The molecule has 0 fully saturated rings. The van der Waals surface area contributed by atoms with Gasteiger partial charge in [-0.15, -0.1) is 0 Å². The molecule has 2 unspecified atom stereocenters. The molecular weight excluding hydrogens is 668 g/mol. The van der Waals surface area contributed by atoms with Crippen LogP contribution in [-0.2, 0) is 17.7 Å². The fraction of sp³-hybridized carbons (Fsp3) is 0.350. The minimum Gasteiger partial charge on any atom is -0.493 e. The van der Waals surface area contributed by atoms with Gasteiger partial charge in [0.15, 0.2) is 11.5 Å². The molecule has 0 aliphatic carbocycles. The maximum absolute atomic E-state index is 16.2. The molecule has 0 aliphatic heterocycles. The van der Waals surface area contributed by atoms with Crippen LogP contribution in [0.15, 0.2) is 89.8 Å². The number of anilines is 3. The number of aliphatic hydroxyl groups is 1. The molecule has 4 rings (SSSR count). The third-order valence-corrected chi connectivity index (χ3v) is 8.72. The summed E-state index contributed by atoms with van der Waals surface area (Å²) in [4.78, 5) is 17.9. The first-order valence-corrected chi connectivity index (χ1v) is 17.4. The van der Waals surface area contributed by atoms with Gasteiger partial charge in [0.25, 0.3) is 0 Å². The number of nitrogens with two attached hydrogens (primary N) is 2. The van der Waals surface area contributed by atoms with Crippen molar-refractivity contribution in [3.8, 4) is 33.8 Å². The summed E-state index contributed by atoms with van der Waals surface area (Å²) < 4.78 is 50.8. The van der Waals surface area contributed by atoms with E-state index in [1.165, 1.54) is 24.5 Å². The number of halogens is 2. The molecule has 0 spiro atoms. The highest BCUT2D eigenvalue weighted by Crippen LogP contribution is 2.37. The van der Waals surface area contributed by atoms with E-state index in [0.717, 1.165) is 23.6 Å². The van der Waals surface area contributed by atoms with Gasteiger partial charge in [0.2, 0.25) is 5.43 Å². The lowest BCUT2D eigenvalue weighted by Crippen LogP contribution is -2.22. The van der Waals surface area contributed by atoms with Gasteiger partial charge >= 0.3 is 0 Å². The molecule has 2 heterocycles. The standard InChI is InChI=1S/C40H49F2N5O5/c1-6-28(15-16-48)22-46-23-30(10-8-9-26(3)20-43)39(49)36(24-46)47(42)32-12-13-33(35(41)19-32)34-17-31(21-45-40(34)44)29-11-14-37(38(18-29)50-5)52-25-27(4)51-7-2/h8-9,11-14,17-21,23-24,27-28,48H,6-7,10,15-16,22,25,43H2,1-5H3,(H2,44,45)/b9-8-,26-20-. The highest BCUT2D eigenvalue weighted by molar-refractivity contribution is 5.81. The summed E-state index contributed by atoms with van der Waals surface area (Å²) in [6.45, 7) is 9.07. The molecule has 2 atom stereocenters. The lowest BCUT2D eigenvalue weighted by atomic mass is 10.00. The van der Waals surface area contributed by atoms with Gasteiger partial charge in [-0.05, 0) is 87.2 Å². The van der Waals surface area contributed by atoms with Crippen LogP contribution >= 0.6 is 0 Å². The van der Waals surface area contributed by atoms with Crippen molar-refractivity contribution in [1.82, 2.24) is 9.55 Å². The maximum Gasteiger partial charge on any atom is 0.211 e. The average molecular weight is 718 g/mol. The van der Waals surface area contributed by atoms with Gasteiger partial charge < -0.3 is 35.4 Å². The maximum atomic E-state index is 16.2. The SMILES string of the molecule is CCOC(C)COc1ccc(-c2cnc(N)c(-c3ccc(N(F)c4cn(CC(CC)CCO)cc(C/C=C\C(C)=C/N)c4=O)cc3F)c2)cc1OC. The summed E-state index contributed by atoms with van der Waals surface area (Å²) in [5.41, 5.74) is 13.8. The highest BCUT2D eigenvalue weighted by atomic mass is 19.2. The molecular formula is C40H49F2N5O5. The number of pyridine rings is 2. The summed E-state index contributed by atoms with van der Waals surface area (Å²) in [6, 6.07) is 10.9. The molecule has 12 heteroatoms. The fourth-order valence-electron chi connectivity index (χ4n) is 5.74. The van der Waals surface area contributed by atoms with Crippen molar-refractivity contribution in [3.63, 3.8) is 0 Å². The molecule has 0 saturated carbocycles. The van der Waals surface area contributed by atoms with Gasteiger partial charge in [0.1, 0.15) is 23.9 Å². The van der Waals surface area contributed by atoms with E-state index in [0.29, 0.717) is 54.4 Å². The van der Waals surface area contributed by atoms with Crippen molar-refractivity contribution in [2.75, 3.05) is 37.8 Å². The quantitative estimate of drug-likeness (QED) is 0.0706. The van der Waals surface area contributed by atoms with Crippen molar-refractivity contribution in [1.29, 1.82) is 0 Å². The van der Waals surface area contributed by atoms with E-state index in [9.17, 15) is 9.90 Å². The molecule has 2 aromatic carbocycles. The molecule has 0 radical (unpaired) electrons. The Bertz CT molecular complexity index is 1930. The Balaban J connectivity index is 1.67. The molecule has 4 aromatic rings. The zero-order valence-corrected chi connectivity index (χ0v) is 30.4. The first-order chi connectivity index (χ1) is 25.0. The first-order valence-electron chi connectivity index (χ1n) is 17.4. The Morgan fingerprint density at radius 2 is 1.88 bits per heavy atom. The van der Waals surface area contributed by atoms with Gasteiger partial charge in [0.05, 0.1) is 18.9 Å². The summed E-state index contributed by atoms with van der Waals surface area (Å²) in [5, 5.41) is 9.71. The van der Waals surface area contributed by atoms with E-state index in [4.69, 9.17) is 25.7 Å². The minimum absolute atomic E-state index is 0.0138. The normalized spacial score (nSPS) is 13.0. The summed E-state index contributed by atoms with van der Waals surface area (Å²) in [5.74, 6) is 0.474. The minimum atomic E-state index is -0.756. The van der Waals surface area contributed by atoms with Crippen molar-refractivity contribution in [2.45, 2.75) is 59.6 Å². The number of benzene rings is 2. The van der Waals surface area contributed by atoms with Crippen molar-refractivity contribution >= 4 is 17.2 Å². The summed E-state index contributed by atoms with van der Waals surface area (Å²) in [6.07, 6.45) is 11.2. The van der Waals surface area contributed by atoms with Gasteiger partial charge in [0, 0.05) is 66.7 Å². The van der Waals surface area contributed by atoms with E-state index in [2.05, 4.69) is 4.98 Å². The molecule has 52 heavy (non-hydrogen) atoms. The summed E-state index contributed by atoms with van der Waals surface area (Å²) in [7, 11) is 1.54. The third kappa shape index (κ3) is 9.98. The Morgan fingerprint density at radius 3 is 2.56 bits per heavy atom. The van der Waals surface area contributed by atoms with Crippen LogP contribution in [0, 0.1) is 11.7 Å². The Hall–Kier alpha value is -5.20. The number of aromatic nitrogens is 2. The number of allylic oxidation sites excluding steroid dienone is 3. The van der Waals surface area contributed by atoms with E-state index >= 15 is 8.87 Å². The average Bonchev–Trinajstić information content (AvgIpc) is 3.14. The number of hydrogen-bond acceptors (Lipinski definition) is 9. The van der Waals surface area contributed by atoms with E-state index in [1.807, 2.05) is 33.8 Å². The number of methoxy groups -OCH3 is 1. The molecule has 278 valence electrons. The molecule has 0 aliphatic rings. The second-order valence-electron chi connectivity index (χ2n) is 12.5. The van der Waals surface area contributed by atoms with Crippen LogP contribution in [0.25, 0.3) is 22.3 Å². The van der Waals surface area contributed by atoms with E-state index in [1.54, 1.807) is 54.4 Å². The largest absolute Gasteiger partial charge is 0.493 e. The Morgan fingerprint density at radius 1 is 1.10 bits per heavy atom. The third-order valence-electron chi connectivity index (χ3n) is 8.72. The van der Waals surface area contributed by atoms with Gasteiger partial charge in [-0.2, -0.15) is 5.12 Å². The van der Waals surface area contributed by atoms with Crippen molar-refractivity contribution < 1.29 is 28.2 Å². The topological polar surface area (TPSA) is 138 Å². The number of ether oxygens (including phenoxy) is 3. The molecule has 2 aromatic heterocycles. The lowest BCUT2D eigenvalue weighted by molar-refractivity contribution is 0.0395. The predicted octanol–water partition coefficient (Wildman–Crippen LogP) is 7.50. The molecule has 0 saturated heterocycles. The number of nitrogen functional groups attached to an aromatic ring is 1. The van der Waals surface area contributed by atoms with Crippen LogP contribution in [0.5, 0.6) is 11.5 Å². The van der Waals surface area contributed by atoms with Gasteiger partial charge in [-0.1, -0.05) is 36.0 Å². The van der Waals surface area contributed by atoms with Crippen molar-refractivity contribution in [2.24, 2.45) is 11.7 Å². The molecule has 10 nitrogen and oxygen atoms in total. The summed E-state index contributed by atoms with van der Waals surface area (Å²) >= 11 is 0. The number of hydrogen-bond donors (Lipinski definition) is 3. The monoisotopic (exact) mass is 717 g/mol. The second kappa shape index (κ2) is 18.9. The zero-order valence-electron chi connectivity index (χ0n) is 30.4. The van der Waals surface area contributed by atoms with E-state index in [-0.39, 0.29) is 52.9 Å². The predicted molar refractivity (Wildman–Crippen MR) is 203 cm³/mol. The smallest absolute Gasteiger partial charge is 0.211 e. The zero-order chi connectivity index (χ0) is 37.8. The molecule has 5 N–H and O–H groups in total. The van der Waals surface area contributed by atoms with Crippen LogP contribution < -0.4 is 31.5 Å². The highest BCUT2D eigenvalue weighted by Gasteiger charge is 2.20. The lowest BCUT2D eigenvalue weighted by Gasteiger charge is -2.20. The van der Waals surface area contributed by atoms with Crippen LogP contribution in [0.3, 0.4) is 0 Å². The van der Waals surface area contributed by atoms with Crippen LogP contribution in [0.1, 0.15) is 46.1 Å². The van der Waals surface area contributed by atoms with Gasteiger partial charge in [-0.25, -0.2) is 9.37 Å². The number of rotatable bonds is 18. The van der Waals surface area contributed by atoms with Crippen LogP contribution in [0.4, 0.5) is 26.1 Å². The van der Waals surface area contributed by atoms with E-state index < -0.39 is 11.2 Å². The number of nitrogens with zero attached hydrogens (tertiary/aromatic N) is 3. The first kappa shape index (κ1) is 39.6. The van der Waals surface area contributed by atoms with Gasteiger partial charge in [-0.3, -0.25) is 4.79 Å². The Kier molecular flexibility index (Phi) is 14.4. The second-order valence-corrected chi connectivity index (χ2v) is 12.5. The molecule has 0 bridgehead atoms.